The average Bonchev–Trinajstić information content (AvgIpc) is 3.37. The summed E-state index contributed by atoms with van der Waals surface area (Å²) in [5.41, 5.74) is 4.64. The lowest BCUT2D eigenvalue weighted by Crippen LogP contribution is -2.28. The number of halogens is 1. The Bertz CT molecular complexity index is 1420. The molecule has 2 amide bonds. The summed E-state index contributed by atoms with van der Waals surface area (Å²) in [6.45, 7) is 0.685. The number of nitrogens with zero attached hydrogens (tertiary/aromatic N) is 2. The molecule has 7 nitrogen and oxygen atoms in total. The second-order valence-corrected chi connectivity index (χ2v) is 10.6. The maximum atomic E-state index is 12.9. The van der Waals surface area contributed by atoms with Crippen LogP contribution in [0.15, 0.2) is 65.6 Å². The van der Waals surface area contributed by atoms with E-state index in [4.69, 9.17) is 11.6 Å². The Hall–Kier alpha value is -3.20. The minimum absolute atomic E-state index is 0.0563. The van der Waals surface area contributed by atoms with Crippen molar-refractivity contribution in [2.45, 2.75) is 24.3 Å². The number of amides is 2. The second-order valence-electron chi connectivity index (χ2n) is 8.42. The molecule has 0 aliphatic carbocycles. The molecular formula is C25H22ClN3O4S. The minimum atomic E-state index is -3.75. The molecule has 0 atom stereocenters. The van der Waals surface area contributed by atoms with E-state index in [1.807, 2.05) is 18.2 Å². The third-order valence-electron chi connectivity index (χ3n) is 6.28. The summed E-state index contributed by atoms with van der Waals surface area (Å²) in [6, 6.07) is 17.1. The van der Waals surface area contributed by atoms with Gasteiger partial charge in [0.15, 0.2) is 0 Å². The third-order valence-corrected chi connectivity index (χ3v) is 7.93. The Morgan fingerprint density at radius 3 is 2.50 bits per heavy atom. The molecule has 2 aliphatic heterocycles. The van der Waals surface area contributed by atoms with Gasteiger partial charge in [0.25, 0.3) is 5.91 Å². The molecule has 5 rings (SSSR count). The molecule has 1 N–H and O–H groups in total. The maximum Gasteiger partial charge on any atom is 0.258 e. The fourth-order valence-corrected chi connectivity index (χ4v) is 5.59. The normalized spacial score (nSPS) is 14.9. The van der Waals surface area contributed by atoms with Gasteiger partial charge >= 0.3 is 0 Å². The van der Waals surface area contributed by atoms with Gasteiger partial charge in [-0.25, -0.2) is 13.1 Å². The van der Waals surface area contributed by atoms with Crippen molar-refractivity contribution >= 4 is 44.8 Å². The molecular weight excluding hydrogens is 474 g/mol. The Morgan fingerprint density at radius 1 is 1.00 bits per heavy atom. The first-order valence-corrected chi connectivity index (χ1v) is 12.7. The van der Waals surface area contributed by atoms with Gasteiger partial charge in [-0.05, 0) is 71.6 Å². The van der Waals surface area contributed by atoms with E-state index < -0.39 is 10.0 Å². The number of hydrogen-bond acceptors (Lipinski definition) is 4. The van der Waals surface area contributed by atoms with Gasteiger partial charge in [0, 0.05) is 42.1 Å². The molecule has 2 heterocycles. The molecule has 0 radical (unpaired) electrons. The van der Waals surface area contributed by atoms with Crippen molar-refractivity contribution in [3.63, 3.8) is 0 Å². The van der Waals surface area contributed by atoms with Crippen LogP contribution in [0, 0.1) is 0 Å². The molecule has 0 aromatic heterocycles. The zero-order valence-electron chi connectivity index (χ0n) is 18.4. The summed E-state index contributed by atoms with van der Waals surface area (Å²) in [7, 11) is -2.07. The number of sulfonamides is 1. The second kappa shape index (κ2) is 8.54. The number of nitrogens with one attached hydrogen (secondary N) is 1. The van der Waals surface area contributed by atoms with Crippen molar-refractivity contribution < 1.29 is 18.0 Å². The lowest BCUT2D eigenvalue weighted by atomic mass is 10.1. The smallest absolute Gasteiger partial charge is 0.258 e. The monoisotopic (exact) mass is 495 g/mol. The summed E-state index contributed by atoms with van der Waals surface area (Å²) in [4.78, 5) is 28.2. The van der Waals surface area contributed by atoms with Gasteiger partial charge in [0.1, 0.15) is 0 Å². The number of rotatable bonds is 5. The van der Waals surface area contributed by atoms with Gasteiger partial charge in [-0.2, -0.15) is 0 Å². The Morgan fingerprint density at radius 2 is 1.74 bits per heavy atom. The number of hydrogen-bond donors (Lipinski definition) is 1. The Kier molecular flexibility index (Phi) is 5.67. The van der Waals surface area contributed by atoms with E-state index in [9.17, 15) is 18.0 Å². The quantitative estimate of drug-likeness (QED) is 0.586. The first-order valence-electron chi connectivity index (χ1n) is 10.8. The summed E-state index contributed by atoms with van der Waals surface area (Å²) in [5.74, 6) is -0.149. The van der Waals surface area contributed by atoms with E-state index in [0.717, 1.165) is 22.5 Å². The van der Waals surface area contributed by atoms with Gasteiger partial charge in [-0.3, -0.25) is 9.59 Å². The van der Waals surface area contributed by atoms with Crippen molar-refractivity contribution in [1.29, 1.82) is 0 Å². The summed E-state index contributed by atoms with van der Waals surface area (Å²) < 4.78 is 28.3. The van der Waals surface area contributed by atoms with Crippen LogP contribution in [0.4, 0.5) is 11.4 Å². The van der Waals surface area contributed by atoms with Crippen LogP contribution in [0.5, 0.6) is 0 Å². The summed E-state index contributed by atoms with van der Waals surface area (Å²) in [5, 5.41) is 0.575. The number of fused-ring (bicyclic) bond motifs is 2. The van der Waals surface area contributed by atoms with Crippen LogP contribution in [-0.2, 0) is 34.2 Å². The maximum absolute atomic E-state index is 12.9. The molecule has 0 saturated carbocycles. The van der Waals surface area contributed by atoms with E-state index in [1.54, 1.807) is 48.3 Å². The van der Waals surface area contributed by atoms with E-state index in [1.165, 1.54) is 11.0 Å². The highest BCUT2D eigenvalue weighted by atomic mass is 35.5. The fraction of sp³-hybridized carbons (Fsp3) is 0.200. The average molecular weight is 496 g/mol. The van der Waals surface area contributed by atoms with E-state index >= 15 is 0 Å². The lowest BCUT2D eigenvalue weighted by molar-refractivity contribution is -0.117. The third kappa shape index (κ3) is 4.09. The SMILES string of the molecule is CN1C(=O)Cc2cc(S(=O)(=O)NCc3ccc4c(c3)CCN4C(=O)c3ccc(Cl)cc3)ccc21. The van der Waals surface area contributed by atoms with Crippen LogP contribution in [-0.4, -0.2) is 33.8 Å². The number of carbonyl (C=O) groups excluding carboxylic acids is 2. The molecule has 0 unspecified atom stereocenters. The molecule has 2 aliphatic rings. The molecule has 3 aromatic carbocycles. The van der Waals surface area contributed by atoms with E-state index in [2.05, 4.69) is 4.72 Å². The highest BCUT2D eigenvalue weighted by Crippen LogP contribution is 2.31. The predicted molar refractivity (Wildman–Crippen MR) is 131 cm³/mol. The number of carbonyl (C=O) groups is 2. The fourth-order valence-electron chi connectivity index (χ4n) is 4.40. The molecule has 0 fully saturated rings. The molecule has 174 valence electrons. The van der Waals surface area contributed by atoms with Crippen LogP contribution in [0.2, 0.25) is 5.02 Å². The van der Waals surface area contributed by atoms with E-state index in [-0.39, 0.29) is 29.7 Å². The van der Waals surface area contributed by atoms with Crippen LogP contribution < -0.4 is 14.5 Å². The standard InChI is InChI=1S/C25H22ClN3O4S/c1-28-22-9-7-21(13-19(22)14-24(28)30)34(32,33)27-15-16-2-8-23-18(12-16)10-11-29(23)25(31)17-3-5-20(26)6-4-17/h2-9,12-13,27H,10-11,14-15H2,1H3. The van der Waals surface area contributed by atoms with Crippen LogP contribution in [0.3, 0.4) is 0 Å². The highest BCUT2D eigenvalue weighted by molar-refractivity contribution is 7.89. The van der Waals surface area contributed by atoms with E-state index in [0.29, 0.717) is 29.1 Å². The summed E-state index contributed by atoms with van der Waals surface area (Å²) >= 11 is 5.92. The first kappa shape index (κ1) is 22.6. The first-order chi connectivity index (χ1) is 16.2. The minimum Gasteiger partial charge on any atom is -0.315 e. The van der Waals surface area contributed by atoms with Crippen molar-refractivity contribution in [2.24, 2.45) is 0 Å². The number of likely N-dealkylation sites (N-methyl/N-ethyl adjacent to an activating group) is 1. The number of anilines is 2. The van der Waals surface area contributed by atoms with Crippen molar-refractivity contribution in [1.82, 2.24) is 4.72 Å². The Balaban J connectivity index is 1.29. The van der Waals surface area contributed by atoms with Gasteiger partial charge in [0.05, 0.1) is 11.3 Å². The van der Waals surface area contributed by atoms with Crippen molar-refractivity contribution in [3.05, 3.63) is 87.9 Å². The molecule has 34 heavy (non-hydrogen) atoms. The zero-order valence-corrected chi connectivity index (χ0v) is 20.0. The summed E-state index contributed by atoms with van der Waals surface area (Å²) in [6.07, 6.45) is 0.896. The molecule has 0 spiro atoms. The van der Waals surface area contributed by atoms with Crippen LogP contribution >= 0.6 is 11.6 Å². The molecule has 9 heteroatoms. The lowest BCUT2D eigenvalue weighted by Gasteiger charge is -2.18. The van der Waals surface area contributed by atoms with Crippen molar-refractivity contribution in [2.75, 3.05) is 23.4 Å². The topological polar surface area (TPSA) is 86.8 Å². The molecule has 0 bridgehead atoms. The molecule has 0 saturated heterocycles. The Labute approximate surface area is 203 Å². The van der Waals surface area contributed by atoms with Crippen LogP contribution in [0.25, 0.3) is 0 Å². The molecule has 3 aromatic rings. The van der Waals surface area contributed by atoms with Crippen LogP contribution in [0.1, 0.15) is 27.0 Å². The van der Waals surface area contributed by atoms with Gasteiger partial charge in [-0.15, -0.1) is 0 Å². The number of benzene rings is 3. The highest BCUT2D eigenvalue weighted by Gasteiger charge is 2.27. The predicted octanol–water partition coefficient (Wildman–Crippen LogP) is 3.54. The largest absolute Gasteiger partial charge is 0.315 e. The van der Waals surface area contributed by atoms with Gasteiger partial charge in [-0.1, -0.05) is 23.7 Å². The van der Waals surface area contributed by atoms with Gasteiger partial charge < -0.3 is 9.80 Å². The van der Waals surface area contributed by atoms with Gasteiger partial charge in [0.2, 0.25) is 15.9 Å². The van der Waals surface area contributed by atoms with Crippen molar-refractivity contribution in [3.8, 4) is 0 Å². The zero-order chi connectivity index (χ0) is 24.0.